The van der Waals surface area contributed by atoms with Crippen molar-refractivity contribution in [3.8, 4) is 5.75 Å². The minimum atomic E-state index is -2.89. The van der Waals surface area contributed by atoms with Crippen molar-refractivity contribution in [2.24, 2.45) is 5.41 Å². The fourth-order valence-corrected chi connectivity index (χ4v) is 2.43. The van der Waals surface area contributed by atoms with Crippen molar-refractivity contribution in [1.82, 2.24) is 5.32 Å². The van der Waals surface area contributed by atoms with Crippen molar-refractivity contribution in [2.75, 3.05) is 6.54 Å². The Morgan fingerprint density at radius 2 is 1.96 bits per heavy atom. The Hall–Kier alpha value is -2.21. The van der Waals surface area contributed by atoms with Crippen molar-refractivity contribution < 1.29 is 23.4 Å². The van der Waals surface area contributed by atoms with Crippen LogP contribution in [0.4, 0.5) is 8.78 Å². The van der Waals surface area contributed by atoms with E-state index >= 15 is 0 Å². The molecule has 2 aromatic carbocycles. The summed E-state index contributed by atoms with van der Waals surface area (Å²) < 4.78 is 29.9. The summed E-state index contributed by atoms with van der Waals surface area (Å²) >= 11 is 0. The summed E-state index contributed by atoms with van der Waals surface area (Å²) in [6, 6.07) is 10.7. The van der Waals surface area contributed by atoms with E-state index in [1.165, 1.54) is 6.07 Å². The number of carboxylic acids is 1. The zero-order valence-corrected chi connectivity index (χ0v) is 13.7. The van der Waals surface area contributed by atoms with Gasteiger partial charge in [-0.15, -0.1) is 0 Å². The molecular formula is C18H21F2NO3. The molecule has 0 amide bonds. The summed E-state index contributed by atoms with van der Waals surface area (Å²) in [6.45, 7) is 1.19. The van der Waals surface area contributed by atoms with E-state index in [0.29, 0.717) is 25.1 Å². The molecule has 0 fully saturated rings. The summed E-state index contributed by atoms with van der Waals surface area (Å²) in [5, 5.41) is 14.0. The van der Waals surface area contributed by atoms with Crippen LogP contribution in [0.3, 0.4) is 0 Å². The fourth-order valence-electron chi connectivity index (χ4n) is 2.43. The highest BCUT2D eigenvalue weighted by molar-refractivity contribution is 5.87. The van der Waals surface area contributed by atoms with Crippen LogP contribution in [-0.4, -0.2) is 24.2 Å². The SMILES string of the molecule is CC(C)(CCNCc1c(OC(F)F)ccc2ccccc12)C(=O)O. The molecule has 0 unspecified atom stereocenters. The lowest BCUT2D eigenvalue weighted by atomic mass is 9.89. The van der Waals surface area contributed by atoms with Gasteiger partial charge >= 0.3 is 12.6 Å². The van der Waals surface area contributed by atoms with Gasteiger partial charge in [-0.2, -0.15) is 8.78 Å². The van der Waals surface area contributed by atoms with Crippen LogP contribution >= 0.6 is 0 Å². The second-order valence-electron chi connectivity index (χ2n) is 6.26. The van der Waals surface area contributed by atoms with E-state index in [0.717, 1.165) is 10.8 Å². The predicted octanol–water partition coefficient (Wildman–Crippen LogP) is 4.03. The van der Waals surface area contributed by atoms with Crippen LogP contribution in [0.25, 0.3) is 10.8 Å². The second-order valence-corrected chi connectivity index (χ2v) is 6.26. The first kappa shape index (κ1) is 18.1. The third kappa shape index (κ3) is 4.41. The highest BCUT2D eigenvalue weighted by atomic mass is 19.3. The number of hydrogen-bond acceptors (Lipinski definition) is 3. The van der Waals surface area contributed by atoms with Crippen molar-refractivity contribution in [2.45, 2.75) is 33.4 Å². The van der Waals surface area contributed by atoms with E-state index in [1.807, 2.05) is 24.3 Å². The average molecular weight is 337 g/mol. The minimum Gasteiger partial charge on any atom is -0.481 e. The number of hydrogen-bond donors (Lipinski definition) is 2. The Balaban J connectivity index is 2.15. The molecule has 0 radical (unpaired) electrons. The maximum absolute atomic E-state index is 12.6. The molecule has 0 spiro atoms. The van der Waals surface area contributed by atoms with Gasteiger partial charge in [0.1, 0.15) is 5.75 Å². The zero-order valence-electron chi connectivity index (χ0n) is 13.7. The predicted molar refractivity (Wildman–Crippen MR) is 88.3 cm³/mol. The third-order valence-corrected chi connectivity index (χ3v) is 4.02. The molecule has 2 aromatic rings. The van der Waals surface area contributed by atoms with Gasteiger partial charge in [0.2, 0.25) is 0 Å². The number of aliphatic carboxylic acids is 1. The lowest BCUT2D eigenvalue weighted by Crippen LogP contribution is -2.29. The number of nitrogens with one attached hydrogen (secondary N) is 1. The number of halogens is 2. The molecule has 0 aromatic heterocycles. The molecule has 0 bridgehead atoms. The van der Waals surface area contributed by atoms with Gasteiger partial charge in [-0.25, -0.2) is 0 Å². The lowest BCUT2D eigenvalue weighted by molar-refractivity contribution is -0.147. The third-order valence-electron chi connectivity index (χ3n) is 4.02. The highest BCUT2D eigenvalue weighted by Gasteiger charge is 2.26. The Kier molecular flexibility index (Phi) is 5.72. The van der Waals surface area contributed by atoms with E-state index < -0.39 is 18.0 Å². The molecule has 24 heavy (non-hydrogen) atoms. The molecule has 0 saturated heterocycles. The number of alkyl halides is 2. The number of ether oxygens (including phenoxy) is 1. The number of carboxylic acid groups (broad SMARTS) is 1. The Bertz CT molecular complexity index is 716. The Morgan fingerprint density at radius 3 is 2.62 bits per heavy atom. The summed E-state index contributed by atoms with van der Waals surface area (Å²) in [7, 11) is 0. The molecule has 0 atom stereocenters. The van der Waals surface area contributed by atoms with E-state index in [9.17, 15) is 13.6 Å². The monoisotopic (exact) mass is 337 g/mol. The standard InChI is InChI=1S/C18H21F2NO3/c1-18(2,16(22)23)9-10-21-11-14-13-6-4-3-5-12(13)7-8-15(14)24-17(19)20/h3-8,17,21H,9-11H2,1-2H3,(H,22,23). The Morgan fingerprint density at radius 1 is 1.25 bits per heavy atom. The number of benzene rings is 2. The van der Waals surface area contributed by atoms with Gasteiger partial charge in [-0.3, -0.25) is 4.79 Å². The molecule has 2 rings (SSSR count). The first-order chi connectivity index (χ1) is 11.3. The molecule has 0 aliphatic rings. The number of carbonyl (C=O) groups is 1. The quantitative estimate of drug-likeness (QED) is 0.714. The van der Waals surface area contributed by atoms with Crippen LogP contribution in [-0.2, 0) is 11.3 Å². The first-order valence-electron chi connectivity index (χ1n) is 7.71. The van der Waals surface area contributed by atoms with Gasteiger partial charge in [0, 0.05) is 12.1 Å². The number of rotatable bonds is 8. The first-order valence-corrected chi connectivity index (χ1v) is 7.71. The molecule has 0 aliphatic heterocycles. The van der Waals surface area contributed by atoms with E-state index in [2.05, 4.69) is 10.1 Å². The minimum absolute atomic E-state index is 0.133. The van der Waals surface area contributed by atoms with Crippen LogP contribution in [0.5, 0.6) is 5.75 Å². The van der Waals surface area contributed by atoms with Crippen LogP contribution < -0.4 is 10.1 Å². The maximum atomic E-state index is 12.6. The van der Waals surface area contributed by atoms with Gasteiger partial charge in [-0.1, -0.05) is 30.3 Å². The van der Waals surface area contributed by atoms with Crippen molar-refractivity contribution in [3.63, 3.8) is 0 Å². The van der Waals surface area contributed by atoms with Gasteiger partial charge in [-0.05, 0) is 43.7 Å². The van der Waals surface area contributed by atoms with E-state index in [4.69, 9.17) is 5.11 Å². The van der Waals surface area contributed by atoms with Crippen LogP contribution in [0.15, 0.2) is 36.4 Å². The van der Waals surface area contributed by atoms with Gasteiger partial charge in [0.25, 0.3) is 0 Å². The molecular weight excluding hydrogens is 316 g/mol. The highest BCUT2D eigenvalue weighted by Crippen LogP contribution is 2.29. The molecule has 130 valence electrons. The van der Waals surface area contributed by atoms with Gasteiger partial charge in [0.15, 0.2) is 0 Å². The normalized spacial score (nSPS) is 11.9. The van der Waals surface area contributed by atoms with E-state index in [1.54, 1.807) is 19.9 Å². The Labute approximate surface area is 139 Å². The average Bonchev–Trinajstić information content (AvgIpc) is 2.52. The molecule has 0 aliphatic carbocycles. The maximum Gasteiger partial charge on any atom is 0.387 e. The summed E-state index contributed by atoms with van der Waals surface area (Å²) in [4.78, 5) is 11.1. The largest absolute Gasteiger partial charge is 0.481 e. The summed E-state index contributed by atoms with van der Waals surface area (Å²) in [5.41, 5.74) is -0.199. The summed E-state index contributed by atoms with van der Waals surface area (Å²) in [6.07, 6.45) is 0.429. The molecule has 6 heteroatoms. The van der Waals surface area contributed by atoms with Crippen molar-refractivity contribution in [3.05, 3.63) is 42.0 Å². The van der Waals surface area contributed by atoms with Crippen LogP contribution in [0.1, 0.15) is 25.8 Å². The summed E-state index contributed by atoms with van der Waals surface area (Å²) in [5.74, 6) is -0.732. The van der Waals surface area contributed by atoms with Crippen LogP contribution in [0.2, 0.25) is 0 Å². The van der Waals surface area contributed by atoms with Gasteiger partial charge in [0.05, 0.1) is 5.41 Å². The van der Waals surface area contributed by atoms with Crippen LogP contribution in [0, 0.1) is 5.41 Å². The van der Waals surface area contributed by atoms with E-state index in [-0.39, 0.29) is 5.75 Å². The second kappa shape index (κ2) is 7.57. The fraction of sp³-hybridized carbons (Fsp3) is 0.389. The molecule has 0 heterocycles. The van der Waals surface area contributed by atoms with Gasteiger partial charge < -0.3 is 15.2 Å². The topological polar surface area (TPSA) is 58.6 Å². The molecule has 4 nitrogen and oxygen atoms in total. The molecule has 2 N–H and O–H groups in total. The van der Waals surface area contributed by atoms with Crippen molar-refractivity contribution >= 4 is 16.7 Å². The number of fused-ring (bicyclic) bond motifs is 1. The smallest absolute Gasteiger partial charge is 0.387 e. The lowest BCUT2D eigenvalue weighted by Gasteiger charge is -2.19. The molecule has 0 saturated carbocycles. The van der Waals surface area contributed by atoms with Crippen molar-refractivity contribution in [1.29, 1.82) is 0 Å². The zero-order chi connectivity index (χ0) is 17.7.